The predicted octanol–water partition coefficient (Wildman–Crippen LogP) is 3.87. The minimum Gasteiger partial charge on any atom is -0.480 e. The molecule has 0 unspecified atom stereocenters. The van der Waals surface area contributed by atoms with Gasteiger partial charge >= 0.3 is 5.97 Å². The molecule has 0 spiro atoms. The number of hydrogen-bond donors (Lipinski definition) is 0. The second-order valence-corrected chi connectivity index (χ2v) is 7.61. The Morgan fingerprint density at radius 3 is 2.67 bits per heavy atom. The Labute approximate surface area is 176 Å². The van der Waals surface area contributed by atoms with Gasteiger partial charge in [-0.2, -0.15) is 0 Å². The molecule has 0 aliphatic carbocycles. The number of aromatic nitrogens is 4. The van der Waals surface area contributed by atoms with Crippen LogP contribution >= 0.6 is 11.3 Å². The summed E-state index contributed by atoms with van der Waals surface area (Å²) in [6, 6.07) is 5.77. The van der Waals surface area contributed by atoms with E-state index in [0.717, 1.165) is 43.1 Å². The summed E-state index contributed by atoms with van der Waals surface area (Å²) in [6.07, 6.45) is 1.60. The van der Waals surface area contributed by atoms with Gasteiger partial charge in [-0.3, -0.25) is 0 Å². The van der Waals surface area contributed by atoms with Crippen LogP contribution in [-0.2, 0) is 9.53 Å². The molecule has 0 radical (unpaired) electrons. The van der Waals surface area contributed by atoms with Gasteiger partial charge in [0.15, 0.2) is 6.61 Å². The summed E-state index contributed by atoms with van der Waals surface area (Å²) in [7, 11) is 1.57. The quantitative estimate of drug-likeness (QED) is 0.431. The molecule has 0 fully saturated rings. The highest BCUT2D eigenvalue weighted by Gasteiger charge is 2.16. The Balaban J connectivity index is 1.75. The Hall–Kier alpha value is -3.33. The van der Waals surface area contributed by atoms with Gasteiger partial charge in [-0.15, -0.1) is 0 Å². The van der Waals surface area contributed by atoms with Gasteiger partial charge in [0.1, 0.15) is 15.4 Å². The average molecular weight is 424 g/mol. The van der Waals surface area contributed by atoms with Crippen LogP contribution in [0.15, 0.2) is 24.4 Å². The van der Waals surface area contributed by atoms with E-state index in [1.54, 1.807) is 26.3 Å². The summed E-state index contributed by atoms with van der Waals surface area (Å²) < 4.78 is 15.6. The lowest BCUT2D eigenvalue weighted by atomic mass is 10.1. The number of ether oxygens (including phenoxy) is 3. The summed E-state index contributed by atoms with van der Waals surface area (Å²) >= 11 is 1.44. The average Bonchev–Trinajstić information content (AvgIpc) is 3.16. The van der Waals surface area contributed by atoms with Crippen molar-refractivity contribution >= 4 is 38.7 Å². The van der Waals surface area contributed by atoms with E-state index in [2.05, 4.69) is 15.0 Å². The highest BCUT2D eigenvalue weighted by molar-refractivity contribution is 7.21. The van der Waals surface area contributed by atoms with Crippen molar-refractivity contribution < 1.29 is 19.0 Å². The first kappa shape index (κ1) is 20.0. The molecule has 1 aromatic carbocycles. The van der Waals surface area contributed by atoms with Crippen LogP contribution in [0.4, 0.5) is 0 Å². The first-order valence-corrected chi connectivity index (χ1v) is 10.2. The number of carbonyl (C=O) groups excluding carboxylic acids is 1. The van der Waals surface area contributed by atoms with E-state index in [1.807, 2.05) is 26.0 Å². The Bertz CT molecular complexity index is 1250. The predicted molar refractivity (Wildman–Crippen MR) is 114 cm³/mol. The van der Waals surface area contributed by atoms with Crippen LogP contribution in [0.2, 0.25) is 0 Å². The van der Waals surface area contributed by atoms with Crippen molar-refractivity contribution in [1.29, 1.82) is 0 Å². The number of carbonyl (C=O) groups is 1. The third-order valence-corrected chi connectivity index (χ3v) is 5.37. The van der Waals surface area contributed by atoms with Gasteiger partial charge < -0.3 is 14.2 Å². The van der Waals surface area contributed by atoms with Gasteiger partial charge in [0.05, 0.1) is 30.9 Å². The zero-order valence-electron chi connectivity index (χ0n) is 17.1. The number of esters is 1. The van der Waals surface area contributed by atoms with Crippen LogP contribution in [0.1, 0.15) is 18.1 Å². The number of hydrogen-bond acceptors (Lipinski definition) is 9. The number of pyridine rings is 1. The summed E-state index contributed by atoms with van der Waals surface area (Å²) in [5.74, 6) is 0.397. The lowest BCUT2D eigenvalue weighted by molar-refractivity contribution is -0.145. The second-order valence-electron chi connectivity index (χ2n) is 6.64. The van der Waals surface area contributed by atoms with Crippen molar-refractivity contribution in [3.63, 3.8) is 0 Å². The van der Waals surface area contributed by atoms with E-state index < -0.39 is 5.97 Å². The molecule has 4 rings (SSSR count). The minimum atomic E-state index is -0.428. The fourth-order valence-electron chi connectivity index (χ4n) is 3.06. The van der Waals surface area contributed by atoms with Crippen LogP contribution in [0.5, 0.6) is 11.8 Å². The van der Waals surface area contributed by atoms with Gasteiger partial charge in [-0.25, -0.2) is 24.7 Å². The number of benzene rings is 1. The fraction of sp³-hybridized carbons (Fsp3) is 0.286. The summed E-state index contributed by atoms with van der Waals surface area (Å²) in [4.78, 5) is 30.6. The zero-order valence-corrected chi connectivity index (χ0v) is 17.9. The number of thiazole rings is 1. The van der Waals surface area contributed by atoms with Gasteiger partial charge in [0.25, 0.3) is 0 Å². The van der Waals surface area contributed by atoms with Crippen molar-refractivity contribution in [3.05, 3.63) is 35.5 Å². The standard InChI is InChI=1S/C21H20N4O4S/c1-5-28-17(26)10-29-15-8-12(3)18-21(24-15)30-20(25-18)13-6-11(2)7-14-19(13)22-9-16(23-14)27-4/h6-9H,5,10H2,1-4H3. The van der Waals surface area contributed by atoms with Crippen LogP contribution in [0, 0.1) is 13.8 Å². The zero-order chi connectivity index (χ0) is 21.3. The number of rotatable bonds is 6. The fourth-order valence-corrected chi connectivity index (χ4v) is 4.09. The third-order valence-electron chi connectivity index (χ3n) is 4.39. The summed E-state index contributed by atoms with van der Waals surface area (Å²) in [5, 5.41) is 0.788. The molecule has 0 saturated heterocycles. The van der Waals surface area contributed by atoms with E-state index in [9.17, 15) is 4.79 Å². The van der Waals surface area contributed by atoms with E-state index in [1.165, 1.54) is 11.3 Å². The number of methoxy groups -OCH3 is 1. The molecule has 0 aliphatic heterocycles. The van der Waals surface area contributed by atoms with Crippen molar-refractivity contribution in [3.8, 4) is 22.3 Å². The molecular formula is C21H20N4O4S. The second kappa shape index (κ2) is 8.19. The first-order valence-electron chi connectivity index (χ1n) is 9.37. The number of fused-ring (bicyclic) bond motifs is 2. The SMILES string of the molecule is CCOC(=O)COc1cc(C)c2nc(-c3cc(C)cc4nc(OC)cnc34)sc2n1. The lowest BCUT2D eigenvalue weighted by Gasteiger charge is -2.06. The molecule has 9 heteroatoms. The molecule has 4 aromatic rings. The Morgan fingerprint density at radius 2 is 1.90 bits per heavy atom. The van der Waals surface area contributed by atoms with E-state index >= 15 is 0 Å². The maximum absolute atomic E-state index is 11.5. The highest BCUT2D eigenvalue weighted by atomic mass is 32.1. The largest absolute Gasteiger partial charge is 0.480 e. The number of aryl methyl sites for hydroxylation is 2. The monoisotopic (exact) mass is 424 g/mol. The molecule has 154 valence electrons. The van der Waals surface area contributed by atoms with Crippen LogP contribution in [0.3, 0.4) is 0 Å². The lowest BCUT2D eigenvalue weighted by Crippen LogP contribution is -2.15. The van der Waals surface area contributed by atoms with E-state index in [0.29, 0.717) is 18.4 Å². The molecular weight excluding hydrogens is 404 g/mol. The Morgan fingerprint density at radius 1 is 1.07 bits per heavy atom. The van der Waals surface area contributed by atoms with Gasteiger partial charge in [-0.05, 0) is 44.0 Å². The summed E-state index contributed by atoms with van der Waals surface area (Å²) in [5.41, 5.74) is 5.11. The molecule has 0 saturated carbocycles. The molecule has 0 atom stereocenters. The maximum atomic E-state index is 11.5. The first-order chi connectivity index (χ1) is 14.5. The molecule has 0 amide bonds. The topological polar surface area (TPSA) is 96.3 Å². The van der Waals surface area contributed by atoms with Crippen molar-refractivity contribution in [2.45, 2.75) is 20.8 Å². The summed E-state index contributed by atoms with van der Waals surface area (Å²) in [6.45, 7) is 5.81. The normalized spacial score (nSPS) is 11.1. The minimum absolute atomic E-state index is 0.183. The third kappa shape index (κ3) is 3.88. The highest BCUT2D eigenvalue weighted by Crippen LogP contribution is 2.35. The molecule has 0 aliphatic rings. The number of nitrogens with zero attached hydrogens (tertiary/aromatic N) is 4. The molecule has 3 heterocycles. The van der Waals surface area contributed by atoms with Crippen molar-refractivity contribution in [1.82, 2.24) is 19.9 Å². The van der Waals surface area contributed by atoms with Gasteiger partial charge in [-0.1, -0.05) is 11.3 Å². The molecule has 8 nitrogen and oxygen atoms in total. The van der Waals surface area contributed by atoms with Crippen molar-refractivity contribution in [2.75, 3.05) is 20.3 Å². The smallest absolute Gasteiger partial charge is 0.344 e. The van der Waals surface area contributed by atoms with Gasteiger partial charge in [0.2, 0.25) is 11.8 Å². The Kier molecular flexibility index (Phi) is 5.45. The van der Waals surface area contributed by atoms with E-state index in [-0.39, 0.29) is 6.61 Å². The van der Waals surface area contributed by atoms with Crippen LogP contribution in [-0.4, -0.2) is 46.2 Å². The van der Waals surface area contributed by atoms with Crippen LogP contribution < -0.4 is 9.47 Å². The molecule has 0 bridgehead atoms. The molecule has 3 aromatic heterocycles. The van der Waals surface area contributed by atoms with Gasteiger partial charge in [0, 0.05) is 11.6 Å². The maximum Gasteiger partial charge on any atom is 0.344 e. The molecule has 0 N–H and O–H groups in total. The van der Waals surface area contributed by atoms with Crippen molar-refractivity contribution in [2.24, 2.45) is 0 Å². The van der Waals surface area contributed by atoms with Crippen LogP contribution in [0.25, 0.3) is 32.0 Å². The molecule has 30 heavy (non-hydrogen) atoms. The van der Waals surface area contributed by atoms with E-state index in [4.69, 9.17) is 19.2 Å².